The van der Waals surface area contributed by atoms with E-state index in [1.807, 2.05) is 12.1 Å². The molecule has 2 atom stereocenters. The van der Waals surface area contributed by atoms with Crippen LogP contribution in [0.2, 0.25) is 0 Å². The molecule has 114 valence electrons. The van der Waals surface area contributed by atoms with Crippen molar-refractivity contribution in [3.63, 3.8) is 0 Å². The van der Waals surface area contributed by atoms with Gasteiger partial charge in [0.2, 0.25) is 0 Å². The molecule has 1 aromatic rings. The molecule has 2 saturated heterocycles. The highest BCUT2D eigenvalue weighted by Gasteiger charge is 2.34. The number of carbonyl (C=O) groups is 1. The largest absolute Gasteiger partial charge is 0.478 e. The minimum Gasteiger partial charge on any atom is -0.478 e. The van der Waals surface area contributed by atoms with Crippen LogP contribution >= 0.6 is 15.9 Å². The topological polar surface area (TPSA) is 43.8 Å². The number of carboxylic acid groups (broad SMARTS) is 1. The van der Waals surface area contributed by atoms with E-state index in [0.29, 0.717) is 22.1 Å². The van der Waals surface area contributed by atoms with Gasteiger partial charge in [-0.3, -0.25) is 4.90 Å². The normalized spacial score (nSPS) is 26.5. The van der Waals surface area contributed by atoms with Gasteiger partial charge in [0.1, 0.15) is 0 Å². The fourth-order valence-electron chi connectivity index (χ4n) is 3.65. The highest BCUT2D eigenvalue weighted by atomic mass is 79.9. The first-order chi connectivity index (χ1) is 10.1. The molecule has 2 aliphatic heterocycles. The van der Waals surface area contributed by atoms with Gasteiger partial charge in [-0.1, -0.05) is 12.5 Å². The molecule has 2 unspecified atom stereocenters. The maximum Gasteiger partial charge on any atom is 0.338 e. The van der Waals surface area contributed by atoms with Crippen molar-refractivity contribution in [2.75, 3.05) is 24.5 Å². The van der Waals surface area contributed by atoms with Crippen molar-refractivity contribution in [3.05, 3.63) is 28.2 Å². The van der Waals surface area contributed by atoms with E-state index in [2.05, 4.69) is 32.7 Å². The maximum atomic E-state index is 11.6. The van der Waals surface area contributed by atoms with E-state index in [1.54, 1.807) is 6.07 Å². The van der Waals surface area contributed by atoms with Crippen LogP contribution in [0.3, 0.4) is 0 Å². The summed E-state index contributed by atoms with van der Waals surface area (Å²) in [7, 11) is 0. The molecule has 2 fully saturated rings. The molecule has 1 aromatic carbocycles. The summed E-state index contributed by atoms with van der Waals surface area (Å²) >= 11 is 3.39. The van der Waals surface area contributed by atoms with Gasteiger partial charge in [-0.15, -0.1) is 0 Å². The van der Waals surface area contributed by atoms with Crippen LogP contribution in [0.15, 0.2) is 22.7 Å². The van der Waals surface area contributed by atoms with Gasteiger partial charge >= 0.3 is 5.97 Å². The molecule has 0 aromatic heterocycles. The minimum atomic E-state index is -0.865. The lowest BCUT2D eigenvalue weighted by Gasteiger charge is -2.48. The molecule has 2 heterocycles. The highest BCUT2D eigenvalue weighted by Crippen LogP contribution is 2.33. The van der Waals surface area contributed by atoms with Crippen LogP contribution in [-0.4, -0.2) is 47.7 Å². The number of rotatable bonds is 2. The second-order valence-electron chi connectivity index (χ2n) is 6.09. The third-order valence-corrected chi connectivity index (χ3v) is 5.36. The predicted molar refractivity (Wildman–Crippen MR) is 87.1 cm³/mol. The summed E-state index contributed by atoms with van der Waals surface area (Å²) in [5.41, 5.74) is 1.23. The number of halogens is 1. The van der Waals surface area contributed by atoms with Crippen LogP contribution < -0.4 is 4.90 Å². The second kappa shape index (κ2) is 5.97. The third kappa shape index (κ3) is 2.81. The summed E-state index contributed by atoms with van der Waals surface area (Å²) < 4.78 is 0.658. The zero-order valence-corrected chi connectivity index (χ0v) is 13.8. The fourth-order valence-corrected chi connectivity index (χ4v) is 4.18. The Kier molecular flexibility index (Phi) is 4.22. The number of aromatic carboxylic acids is 1. The first kappa shape index (κ1) is 14.9. The summed E-state index contributed by atoms with van der Waals surface area (Å²) in [6, 6.07) is 6.56. The van der Waals surface area contributed by atoms with Crippen molar-refractivity contribution in [3.8, 4) is 0 Å². The highest BCUT2D eigenvalue weighted by molar-refractivity contribution is 9.10. The van der Waals surface area contributed by atoms with Crippen molar-refractivity contribution >= 4 is 27.6 Å². The van der Waals surface area contributed by atoms with Crippen LogP contribution in [0.25, 0.3) is 0 Å². The minimum absolute atomic E-state index is 0.340. The van der Waals surface area contributed by atoms with Crippen molar-refractivity contribution in [1.29, 1.82) is 0 Å². The smallest absolute Gasteiger partial charge is 0.338 e. The van der Waals surface area contributed by atoms with E-state index in [4.69, 9.17) is 0 Å². The average Bonchev–Trinajstić information content (AvgIpc) is 2.45. The molecular formula is C16H21BrN2O2. The number of carboxylic acids is 1. The SMILES string of the molecule is CC1CN2CCCCC2CN1c1cccc(Br)c1C(=O)O. The van der Waals surface area contributed by atoms with Gasteiger partial charge in [0.25, 0.3) is 0 Å². The molecular weight excluding hydrogens is 332 g/mol. The molecule has 0 amide bonds. The number of hydrogen-bond donors (Lipinski definition) is 1. The van der Waals surface area contributed by atoms with Crippen molar-refractivity contribution in [1.82, 2.24) is 4.90 Å². The summed E-state index contributed by atoms with van der Waals surface area (Å²) in [5, 5.41) is 9.53. The lowest BCUT2D eigenvalue weighted by Crippen LogP contribution is -2.59. The van der Waals surface area contributed by atoms with E-state index in [0.717, 1.165) is 18.8 Å². The van der Waals surface area contributed by atoms with Gasteiger partial charge in [0.05, 0.1) is 11.3 Å². The number of benzene rings is 1. The zero-order chi connectivity index (χ0) is 15.0. The van der Waals surface area contributed by atoms with Gasteiger partial charge in [0, 0.05) is 29.6 Å². The van der Waals surface area contributed by atoms with Gasteiger partial charge in [-0.2, -0.15) is 0 Å². The number of nitrogens with zero attached hydrogens (tertiary/aromatic N) is 2. The Morgan fingerprint density at radius 1 is 1.33 bits per heavy atom. The second-order valence-corrected chi connectivity index (χ2v) is 6.94. The lowest BCUT2D eigenvalue weighted by molar-refractivity contribution is 0.0695. The number of anilines is 1. The number of hydrogen-bond acceptors (Lipinski definition) is 3. The molecule has 0 radical (unpaired) electrons. The molecule has 0 aliphatic carbocycles. The Morgan fingerprint density at radius 3 is 2.90 bits per heavy atom. The summed E-state index contributed by atoms with van der Waals surface area (Å²) in [4.78, 5) is 16.5. The average molecular weight is 353 g/mol. The van der Waals surface area contributed by atoms with E-state index >= 15 is 0 Å². The number of piperazine rings is 1. The fraction of sp³-hybridized carbons (Fsp3) is 0.562. The molecule has 1 N–H and O–H groups in total. The summed E-state index contributed by atoms with van der Waals surface area (Å²) in [5.74, 6) is -0.865. The lowest BCUT2D eigenvalue weighted by atomic mass is 9.96. The number of piperidine rings is 1. The van der Waals surface area contributed by atoms with Crippen LogP contribution in [-0.2, 0) is 0 Å². The van der Waals surface area contributed by atoms with Crippen molar-refractivity contribution in [2.45, 2.75) is 38.3 Å². The monoisotopic (exact) mass is 352 g/mol. The van der Waals surface area contributed by atoms with E-state index in [1.165, 1.54) is 25.8 Å². The first-order valence-corrected chi connectivity index (χ1v) is 8.39. The molecule has 0 spiro atoms. The van der Waals surface area contributed by atoms with E-state index in [-0.39, 0.29) is 0 Å². The number of fused-ring (bicyclic) bond motifs is 1. The molecule has 0 saturated carbocycles. The van der Waals surface area contributed by atoms with E-state index < -0.39 is 5.97 Å². The molecule has 0 bridgehead atoms. The Bertz CT molecular complexity index is 549. The Balaban J connectivity index is 1.93. The zero-order valence-electron chi connectivity index (χ0n) is 12.3. The quantitative estimate of drug-likeness (QED) is 0.887. The van der Waals surface area contributed by atoms with Crippen LogP contribution in [0, 0.1) is 0 Å². The Hall–Kier alpha value is -1.07. The molecule has 2 aliphatic rings. The third-order valence-electron chi connectivity index (χ3n) is 4.70. The maximum absolute atomic E-state index is 11.6. The standard InChI is InChI=1S/C16H21BrN2O2/c1-11-9-18-8-3-2-5-12(18)10-19(11)14-7-4-6-13(17)15(14)16(20)21/h4,6-7,11-12H,2-3,5,8-10H2,1H3,(H,20,21). The van der Waals surface area contributed by atoms with Crippen molar-refractivity contribution < 1.29 is 9.90 Å². The summed E-state index contributed by atoms with van der Waals surface area (Å²) in [6.45, 7) is 5.33. The van der Waals surface area contributed by atoms with Crippen LogP contribution in [0.5, 0.6) is 0 Å². The van der Waals surface area contributed by atoms with E-state index in [9.17, 15) is 9.90 Å². The summed E-state index contributed by atoms with van der Waals surface area (Å²) in [6.07, 6.45) is 3.80. The van der Waals surface area contributed by atoms with Crippen molar-refractivity contribution in [2.24, 2.45) is 0 Å². The molecule has 5 heteroatoms. The van der Waals surface area contributed by atoms with Gasteiger partial charge in [-0.25, -0.2) is 4.79 Å². The van der Waals surface area contributed by atoms with Gasteiger partial charge in [-0.05, 0) is 54.4 Å². The van der Waals surface area contributed by atoms with Crippen LogP contribution in [0.1, 0.15) is 36.5 Å². The van der Waals surface area contributed by atoms with Gasteiger partial charge < -0.3 is 10.0 Å². The Morgan fingerprint density at radius 2 is 2.14 bits per heavy atom. The first-order valence-electron chi connectivity index (χ1n) is 7.60. The molecule has 21 heavy (non-hydrogen) atoms. The Labute approximate surface area is 133 Å². The molecule has 4 nitrogen and oxygen atoms in total. The van der Waals surface area contributed by atoms with Gasteiger partial charge in [0.15, 0.2) is 0 Å². The predicted octanol–water partition coefficient (Wildman–Crippen LogP) is 3.21. The molecule has 3 rings (SSSR count). The van der Waals surface area contributed by atoms with Crippen LogP contribution in [0.4, 0.5) is 5.69 Å².